The average Bonchev–Trinajstić information content (AvgIpc) is 3.51. The van der Waals surface area contributed by atoms with Crippen LogP contribution in [0.2, 0.25) is 0 Å². The monoisotopic (exact) mass is 509 g/mol. The Morgan fingerprint density at radius 3 is 2.58 bits per heavy atom. The molecule has 0 aliphatic carbocycles. The summed E-state index contributed by atoms with van der Waals surface area (Å²) in [6.07, 6.45) is -2.07. The number of amides is 1. The molecule has 36 heavy (non-hydrogen) atoms. The van der Waals surface area contributed by atoms with Crippen LogP contribution < -0.4 is 9.64 Å². The first kappa shape index (κ1) is 24.0. The number of anilines is 1. The predicted octanol–water partition coefficient (Wildman–Crippen LogP) is 6.25. The Morgan fingerprint density at radius 2 is 1.83 bits per heavy atom. The number of carbonyl (C=O) groups excluding carboxylic acids is 1. The van der Waals surface area contributed by atoms with Gasteiger partial charge in [-0.1, -0.05) is 36.0 Å². The number of benzene rings is 3. The van der Waals surface area contributed by atoms with Gasteiger partial charge in [-0.15, -0.1) is 0 Å². The summed E-state index contributed by atoms with van der Waals surface area (Å²) in [7, 11) is 1.56. The SMILES string of the molecule is COc1ccc(-c2cnc(SCC(=O)N3CCc4ccccc43)n2-c2cccc(C(F)(F)F)c2)cc1. The number of rotatable bonds is 6. The number of halogens is 3. The maximum Gasteiger partial charge on any atom is 0.416 e. The van der Waals surface area contributed by atoms with Crippen LogP contribution in [-0.4, -0.2) is 34.9 Å². The number of nitrogens with zero attached hydrogens (tertiary/aromatic N) is 3. The molecule has 184 valence electrons. The van der Waals surface area contributed by atoms with Gasteiger partial charge in [-0.05, 0) is 60.5 Å². The summed E-state index contributed by atoms with van der Waals surface area (Å²) < 4.78 is 47.3. The van der Waals surface area contributed by atoms with Crippen molar-refractivity contribution in [2.75, 3.05) is 24.3 Å². The molecule has 1 aromatic heterocycles. The number of hydrogen-bond acceptors (Lipinski definition) is 4. The van der Waals surface area contributed by atoms with Crippen molar-refractivity contribution in [3.63, 3.8) is 0 Å². The van der Waals surface area contributed by atoms with Crippen LogP contribution in [-0.2, 0) is 17.4 Å². The molecule has 1 aliphatic rings. The van der Waals surface area contributed by atoms with Crippen LogP contribution in [0.15, 0.2) is 84.1 Å². The molecule has 0 radical (unpaired) electrons. The van der Waals surface area contributed by atoms with Crippen LogP contribution in [0.1, 0.15) is 11.1 Å². The summed E-state index contributed by atoms with van der Waals surface area (Å²) in [6, 6.07) is 20.1. The quantitative estimate of drug-likeness (QED) is 0.289. The minimum Gasteiger partial charge on any atom is -0.497 e. The molecule has 1 aliphatic heterocycles. The number of ether oxygens (including phenoxy) is 1. The smallest absolute Gasteiger partial charge is 0.416 e. The zero-order valence-electron chi connectivity index (χ0n) is 19.3. The molecule has 0 atom stereocenters. The molecule has 5 nitrogen and oxygen atoms in total. The highest BCUT2D eigenvalue weighted by atomic mass is 32.2. The molecule has 1 amide bonds. The molecule has 0 spiro atoms. The standard InChI is InChI=1S/C27H22F3N3O2S/c1-35-22-11-9-19(10-12-22)24-16-31-26(33(24)21-7-4-6-20(15-21)27(28,29)30)36-17-25(34)32-14-13-18-5-2-3-8-23(18)32/h2-12,15-16H,13-14,17H2,1H3. The summed E-state index contributed by atoms with van der Waals surface area (Å²) in [6.45, 7) is 0.609. The summed E-state index contributed by atoms with van der Waals surface area (Å²) in [5, 5.41) is 0.431. The van der Waals surface area contributed by atoms with Crippen LogP contribution >= 0.6 is 11.8 Å². The molecule has 9 heteroatoms. The van der Waals surface area contributed by atoms with Crippen molar-refractivity contribution >= 4 is 23.4 Å². The third kappa shape index (κ3) is 4.70. The number of thioether (sulfide) groups is 1. The zero-order valence-corrected chi connectivity index (χ0v) is 20.1. The van der Waals surface area contributed by atoms with Crippen molar-refractivity contribution in [3.05, 3.63) is 90.1 Å². The highest BCUT2D eigenvalue weighted by Crippen LogP contribution is 2.35. The lowest BCUT2D eigenvalue weighted by molar-refractivity contribution is -0.137. The Labute approximate surface area is 210 Å². The Kier molecular flexibility index (Phi) is 6.49. The van der Waals surface area contributed by atoms with E-state index in [1.807, 2.05) is 36.4 Å². The number of carbonyl (C=O) groups is 1. The van der Waals surface area contributed by atoms with E-state index in [2.05, 4.69) is 4.98 Å². The van der Waals surface area contributed by atoms with E-state index in [9.17, 15) is 18.0 Å². The summed E-state index contributed by atoms with van der Waals surface area (Å²) in [5.74, 6) is 0.691. The number of imidazole rings is 1. The maximum atomic E-state index is 13.5. The highest BCUT2D eigenvalue weighted by molar-refractivity contribution is 7.99. The van der Waals surface area contributed by atoms with E-state index >= 15 is 0 Å². The van der Waals surface area contributed by atoms with E-state index < -0.39 is 11.7 Å². The summed E-state index contributed by atoms with van der Waals surface area (Å²) in [5.41, 5.74) is 2.96. The molecule has 4 aromatic rings. The molecule has 0 fully saturated rings. The topological polar surface area (TPSA) is 47.4 Å². The second-order valence-corrected chi connectivity index (χ2v) is 9.19. The lowest BCUT2D eigenvalue weighted by Gasteiger charge is -2.18. The van der Waals surface area contributed by atoms with Crippen LogP contribution in [0.3, 0.4) is 0 Å². The van der Waals surface area contributed by atoms with Gasteiger partial charge in [0, 0.05) is 23.5 Å². The third-order valence-corrected chi connectivity index (χ3v) is 7.00. The van der Waals surface area contributed by atoms with Crippen LogP contribution in [0.4, 0.5) is 18.9 Å². The number of alkyl halides is 3. The summed E-state index contributed by atoms with van der Waals surface area (Å²) in [4.78, 5) is 19.3. The lowest BCUT2D eigenvalue weighted by Crippen LogP contribution is -2.30. The molecule has 0 unspecified atom stereocenters. The Hall–Kier alpha value is -3.72. The van der Waals surface area contributed by atoms with Gasteiger partial charge in [-0.2, -0.15) is 13.2 Å². The van der Waals surface area contributed by atoms with Crippen LogP contribution in [0, 0.1) is 0 Å². The number of methoxy groups -OCH3 is 1. The molecule has 5 rings (SSSR count). The number of fused-ring (bicyclic) bond motifs is 1. The first-order chi connectivity index (χ1) is 17.3. The van der Waals surface area contributed by atoms with E-state index in [4.69, 9.17) is 4.74 Å². The number of hydrogen-bond donors (Lipinski definition) is 0. The van der Waals surface area contributed by atoms with Gasteiger partial charge in [0.25, 0.3) is 0 Å². The van der Waals surface area contributed by atoms with Crippen molar-refractivity contribution in [3.8, 4) is 22.7 Å². The van der Waals surface area contributed by atoms with Crippen molar-refractivity contribution in [1.82, 2.24) is 9.55 Å². The average molecular weight is 510 g/mol. The van der Waals surface area contributed by atoms with E-state index in [0.29, 0.717) is 28.8 Å². The van der Waals surface area contributed by atoms with Crippen LogP contribution in [0.5, 0.6) is 5.75 Å². The van der Waals surface area contributed by atoms with Gasteiger partial charge in [0.2, 0.25) is 5.91 Å². The molecule has 2 heterocycles. The fraction of sp³-hybridized carbons (Fsp3) is 0.185. The predicted molar refractivity (Wildman–Crippen MR) is 134 cm³/mol. The minimum absolute atomic E-state index is 0.0745. The lowest BCUT2D eigenvalue weighted by atomic mass is 10.1. The number of para-hydroxylation sites is 1. The molecule has 0 N–H and O–H groups in total. The molecule has 0 saturated heterocycles. The molecule has 0 bridgehead atoms. The largest absolute Gasteiger partial charge is 0.497 e. The molecule has 3 aromatic carbocycles. The Morgan fingerprint density at radius 1 is 1.06 bits per heavy atom. The first-order valence-electron chi connectivity index (χ1n) is 11.3. The van der Waals surface area contributed by atoms with Gasteiger partial charge in [0.15, 0.2) is 5.16 Å². The van der Waals surface area contributed by atoms with E-state index in [1.165, 1.54) is 17.8 Å². The van der Waals surface area contributed by atoms with Crippen molar-refractivity contribution in [2.45, 2.75) is 17.8 Å². The highest BCUT2D eigenvalue weighted by Gasteiger charge is 2.31. The second kappa shape index (κ2) is 9.73. The normalized spacial score (nSPS) is 13.1. The van der Waals surface area contributed by atoms with E-state index in [-0.39, 0.29) is 11.7 Å². The van der Waals surface area contributed by atoms with Gasteiger partial charge >= 0.3 is 6.18 Å². The number of aromatic nitrogens is 2. The molecule has 0 saturated carbocycles. The van der Waals surface area contributed by atoms with Crippen LogP contribution in [0.25, 0.3) is 16.9 Å². The third-order valence-electron chi connectivity index (χ3n) is 6.06. The van der Waals surface area contributed by atoms with Gasteiger partial charge in [0.05, 0.1) is 30.3 Å². The summed E-state index contributed by atoms with van der Waals surface area (Å²) >= 11 is 1.20. The van der Waals surface area contributed by atoms with E-state index in [1.54, 1.807) is 41.0 Å². The molecular formula is C27H22F3N3O2S. The van der Waals surface area contributed by atoms with E-state index in [0.717, 1.165) is 35.4 Å². The second-order valence-electron chi connectivity index (χ2n) is 8.25. The first-order valence-corrected chi connectivity index (χ1v) is 12.2. The van der Waals surface area contributed by atoms with Gasteiger partial charge in [-0.25, -0.2) is 4.98 Å². The van der Waals surface area contributed by atoms with Gasteiger partial charge in [0.1, 0.15) is 5.75 Å². The Bertz CT molecular complexity index is 1400. The maximum absolute atomic E-state index is 13.5. The van der Waals surface area contributed by atoms with Crippen molar-refractivity contribution in [1.29, 1.82) is 0 Å². The Balaban J connectivity index is 1.48. The van der Waals surface area contributed by atoms with Gasteiger partial charge < -0.3 is 9.64 Å². The van der Waals surface area contributed by atoms with Crippen molar-refractivity contribution < 1.29 is 22.7 Å². The minimum atomic E-state index is -4.48. The molecular weight excluding hydrogens is 487 g/mol. The fourth-order valence-corrected chi connectivity index (χ4v) is 5.14. The zero-order chi connectivity index (χ0) is 25.3. The van der Waals surface area contributed by atoms with Crippen molar-refractivity contribution in [2.24, 2.45) is 0 Å². The van der Waals surface area contributed by atoms with Gasteiger partial charge in [-0.3, -0.25) is 9.36 Å². The fourth-order valence-electron chi connectivity index (χ4n) is 4.27.